The van der Waals surface area contributed by atoms with Gasteiger partial charge in [0.25, 0.3) is 5.91 Å². The van der Waals surface area contributed by atoms with Crippen LogP contribution in [-0.4, -0.2) is 29.1 Å². The van der Waals surface area contributed by atoms with Crippen LogP contribution in [0.3, 0.4) is 0 Å². The Kier molecular flexibility index (Phi) is 6.54. The van der Waals surface area contributed by atoms with Gasteiger partial charge < -0.3 is 14.6 Å². The summed E-state index contributed by atoms with van der Waals surface area (Å²) in [6.45, 7) is 9.80. The predicted molar refractivity (Wildman–Crippen MR) is 124 cm³/mol. The first-order chi connectivity index (χ1) is 14.6. The monoisotopic (exact) mass is 420 g/mol. The fraction of sp³-hybridized carbons (Fsp3) is 0.385. The van der Waals surface area contributed by atoms with E-state index in [1.807, 2.05) is 81.7 Å². The molecule has 0 bridgehead atoms. The van der Waals surface area contributed by atoms with E-state index in [1.165, 1.54) is 7.11 Å². The average molecular weight is 421 g/mol. The van der Waals surface area contributed by atoms with Crippen molar-refractivity contribution in [2.45, 2.75) is 52.6 Å². The lowest BCUT2D eigenvalue weighted by molar-refractivity contribution is -0.146. The average Bonchev–Trinajstić information content (AvgIpc) is 3.01. The molecule has 5 heteroatoms. The number of fused-ring (bicyclic) bond motifs is 1. The van der Waals surface area contributed by atoms with Crippen LogP contribution in [0.1, 0.15) is 62.4 Å². The minimum absolute atomic E-state index is 0.0648. The Labute approximate surface area is 184 Å². The minimum Gasteiger partial charge on any atom is -0.467 e. The number of carbonyl (C=O) groups excluding carboxylic acids is 2. The molecule has 31 heavy (non-hydrogen) atoms. The van der Waals surface area contributed by atoms with E-state index >= 15 is 0 Å². The maximum atomic E-state index is 13.5. The van der Waals surface area contributed by atoms with Crippen LogP contribution in [0.15, 0.2) is 54.6 Å². The lowest BCUT2D eigenvalue weighted by Crippen LogP contribution is -2.42. The largest absolute Gasteiger partial charge is 0.467 e. The van der Waals surface area contributed by atoms with E-state index in [0.717, 1.165) is 22.0 Å². The summed E-state index contributed by atoms with van der Waals surface area (Å²) in [7, 11) is 1.40. The standard InChI is InChI=1S/C26H32N2O3/c1-17(2)22(25(30)31-6)28-21(16-18-12-8-7-9-13-18)19-14-10-11-15-20(19)23(28)24(29)27-26(3,4)5/h7-15,17,22H,16H2,1-6H3,(H,27,29)/t22-/m0/s1. The number of methoxy groups -OCH3 is 1. The quantitative estimate of drug-likeness (QED) is 0.562. The first-order valence-electron chi connectivity index (χ1n) is 10.7. The van der Waals surface area contributed by atoms with Gasteiger partial charge in [-0.1, -0.05) is 68.4 Å². The fourth-order valence-electron chi connectivity index (χ4n) is 4.04. The van der Waals surface area contributed by atoms with E-state index in [1.54, 1.807) is 0 Å². The number of amides is 1. The zero-order valence-electron chi connectivity index (χ0n) is 19.2. The van der Waals surface area contributed by atoms with Crippen LogP contribution in [0.4, 0.5) is 0 Å². The second-order valence-electron chi connectivity index (χ2n) is 9.29. The number of benzene rings is 2. The first kappa shape index (κ1) is 22.6. The summed E-state index contributed by atoms with van der Waals surface area (Å²) in [5.41, 5.74) is 2.14. The maximum Gasteiger partial charge on any atom is 0.329 e. The molecular formula is C26H32N2O3. The third-order valence-corrected chi connectivity index (χ3v) is 5.30. The summed E-state index contributed by atoms with van der Waals surface area (Å²) in [5.74, 6) is -0.614. The molecular weight excluding hydrogens is 388 g/mol. The first-order valence-corrected chi connectivity index (χ1v) is 10.7. The zero-order valence-corrected chi connectivity index (χ0v) is 19.2. The maximum absolute atomic E-state index is 13.5. The van der Waals surface area contributed by atoms with Crippen molar-refractivity contribution in [3.05, 3.63) is 71.5 Å². The lowest BCUT2D eigenvalue weighted by Gasteiger charge is -2.27. The van der Waals surface area contributed by atoms with Gasteiger partial charge in [-0.3, -0.25) is 4.79 Å². The van der Waals surface area contributed by atoms with Gasteiger partial charge in [0.05, 0.1) is 7.11 Å². The Hall–Kier alpha value is -3.08. The molecule has 0 aliphatic rings. The molecule has 0 unspecified atom stereocenters. The molecule has 0 aliphatic heterocycles. The van der Waals surface area contributed by atoms with Crippen molar-refractivity contribution in [1.29, 1.82) is 0 Å². The van der Waals surface area contributed by atoms with Gasteiger partial charge in [-0.15, -0.1) is 0 Å². The highest BCUT2D eigenvalue weighted by Crippen LogP contribution is 2.34. The van der Waals surface area contributed by atoms with Crippen molar-refractivity contribution in [3.63, 3.8) is 0 Å². The van der Waals surface area contributed by atoms with Gasteiger partial charge in [0, 0.05) is 28.4 Å². The van der Waals surface area contributed by atoms with E-state index in [2.05, 4.69) is 17.4 Å². The SMILES string of the molecule is COC(=O)[C@H](C(C)C)n1c(Cc2ccccc2)c2ccccc2c1C(=O)NC(C)(C)C. The van der Waals surface area contributed by atoms with Crippen LogP contribution in [0.5, 0.6) is 0 Å². The smallest absolute Gasteiger partial charge is 0.329 e. The molecule has 2 aromatic carbocycles. The zero-order chi connectivity index (χ0) is 22.8. The van der Waals surface area contributed by atoms with Crippen molar-refractivity contribution in [1.82, 2.24) is 9.88 Å². The molecule has 0 saturated heterocycles. The number of carbonyl (C=O) groups is 2. The van der Waals surface area contributed by atoms with Gasteiger partial charge in [-0.05, 0) is 32.3 Å². The second kappa shape index (κ2) is 8.96. The molecule has 1 amide bonds. The molecule has 3 rings (SSSR count). The van der Waals surface area contributed by atoms with Gasteiger partial charge >= 0.3 is 5.97 Å². The highest BCUT2D eigenvalue weighted by Gasteiger charge is 2.34. The molecule has 1 heterocycles. The Morgan fingerprint density at radius 2 is 1.55 bits per heavy atom. The van der Waals surface area contributed by atoms with Crippen molar-refractivity contribution in [3.8, 4) is 0 Å². The third kappa shape index (κ3) is 4.82. The van der Waals surface area contributed by atoms with E-state index in [-0.39, 0.29) is 17.8 Å². The van der Waals surface area contributed by atoms with Crippen LogP contribution < -0.4 is 5.32 Å². The normalized spacial score (nSPS) is 12.7. The summed E-state index contributed by atoms with van der Waals surface area (Å²) in [4.78, 5) is 26.4. The second-order valence-corrected chi connectivity index (χ2v) is 9.29. The highest BCUT2D eigenvalue weighted by atomic mass is 16.5. The third-order valence-electron chi connectivity index (χ3n) is 5.30. The van der Waals surface area contributed by atoms with Crippen LogP contribution in [0.2, 0.25) is 0 Å². The molecule has 1 aromatic heterocycles. The summed E-state index contributed by atoms with van der Waals surface area (Å²) < 4.78 is 7.09. The van der Waals surface area contributed by atoms with Crippen LogP contribution in [0, 0.1) is 5.92 Å². The Bertz CT molecular complexity index is 1080. The summed E-state index contributed by atoms with van der Waals surface area (Å²) >= 11 is 0. The molecule has 0 radical (unpaired) electrons. The molecule has 0 fully saturated rings. The van der Waals surface area contributed by atoms with E-state index < -0.39 is 11.6 Å². The van der Waals surface area contributed by atoms with Gasteiger partial charge in [0.15, 0.2) is 0 Å². The molecule has 164 valence electrons. The van der Waals surface area contributed by atoms with Crippen molar-refractivity contribution in [2.75, 3.05) is 7.11 Å². The summed E-state index contributed by atoms with van der Waals surface area (Å²) in [6.07, 6.45) is 0.602. The van der Waals surface area contributed by atoms with Crippen LogP contribution in [0.25, 0.3) is 10.8 Å². The number of aromatic nitrogens is 1. The van der Waals surface area contributed by atoms with E-state index in [4.69, 9.17) is 4.74 Å². The van der Waals surface area contributed by atoms with E-state index in [9.17, 15) is 9.59 Å². The van der Waals surface area contributed by atoms with Crippen LogP contribution in [-0.2, 0) is 16.0 Å². The minimum atomic E-state index is -0.614. The molecule has 1 atom stereocenters. The number of hydrogen-bond acceptors (Lipinski definition) is 3. The molecule has 3 aromatic rings. The number of nitrogens with one attached hydrogen (secondary N) is 1. The van der Waals surface area contributed by atoms with Gasteiger partial charge in [0.2, 0.25) is 0 Å². The van der Waals surface area contributed by atoms with Crippen LogP contribution >= 0.6 is 0 Å². The van der Waals surface area contributed by atoms with E-state index in [0.29, 0.717) is 12.1 Å². The van der Waals surface area contributed by atoms with Gasteiger partial charge in [0.1, 0.15) is 11.7 Å². The number of hydrogen-bond donors (Lipinski definition) is 1. The number of ether oxygens (including phenoxy) is 1. The fourth-order valence-corrected chi connectivity index (χ4v) is 4.04. The van der Waals surface area contributed by atoms with Crippen molar-refractivity contribution >= 4 is 22.6 Å². The molecule has 1 N–H and O–H groups in total. The summed E-state index contributed by atoms with van der Waals surface area (Å²) in [5, 5.41) is 4.89. The lowest BCUT2D eigenvalue weighted by atomic mass is 10.0. The van der Waals surface area contributed by atoms with Crippen molar-refractivity contribution < 1.29 is 14.3 Å². The molecule has 0 saturated carbocycles. The molecule has 0 aliphatic carbocycles. The molecule has 5 nitrogen and oxygen atoms in total. The number of nitrogens with zero attached hydrogens (tertiary/aromatic N) is 1. The Morgan fingerprint density at radius 3 is 2.10 bits per heavy atom. The Morgan fingerprint density at radius 1 is 0.968 bits per heavy atom. The number of esters is 1. The summed E-state index contributed by atoms with van der Waals surface area (Å²) in [6, 6.07) is 17.3. The van der Waals surface area contributed by atoms with Gasteiger partial charge in [-0.25, -0.2) is 4.79 Å². The number of rotatable bonds is 6. The van der Waals surface area contributed by atoms with Gasteiger partial charge in [-0.2, -0.15) is 0 Å². The molecule has 0 spiro atoms. The van der Waals surface area contributed by atoms with Crippen molar-refractivity contribution in [2.24, 2.45) is 5.92 Å². The topological polar surface area (TPSA) is 60.3 Å². The predicted octanol–water partition coefficient (Wildman–Crippen LogP) is 5.13. The Balaban J connectivity index is 2.34. The highest BCUT2D eigenvalue weighted by molar-refractivity contribution is 6.08.